The number of nitrogens with zero attached hydrogens (tertiary/aromatic N) is 3. The summed E-state index contributed by atoms with van der Waals surface area (Å²) in [6.07, 6.45) is 6.56. The van der Waals surface area contributed by atoms with Crippen LogP contribution >= 0.6 is 0 Å². The van der Waals surface area contributed by atoms with Crippen molar-refractivity contribution in [2.45, 2.75) is 38.8 Å². The van der Waals surface area contributed by atoms with E-state index >= 15 is 0 Å². The fraction of sp³-hybridized carbons (Fsp3) is 0.545. The highest BCUT2D eigenvalue weighted by molar-refractivity contribution is 6.54. The van der Waals surface area contributed by atoms with Crippen molar-refractivity contribution in [2.24, 2.45) is 5.16 Å². The second kappa shape index (κ2) is 6.37. The highest BCUT2D eigenvalue weighted by Crippen LogP contribution is 2.20. The van der Waals surface area contributed by atoms with E-state index in [9.17, 15) is 0 Å². The van der Waals surface area contributed by atoms with Crippen LogP contribution in [0.2, 0.25) is 11.1 Å². The van der Waals surface area contributed by atoms with Crippen molar-refractivity contribution in [1.29, 1.82) is 0 Å². The van der Waals surface area contributed by atoms with Gasteiger partial charge in [0.1, 0.15) is 5.69 Å². The Morgan fingerprint density at radius 1 is 1.25 bits per heavy atom. The van der Waals surface area contributed by atoms with Crippen molar-refractivity contribution < 1.29 is 4.53 Å². The van der Waals surface area contributed by atoms with Gasteiger partial charge in [-0.1, -0.05) is 27.7 Å². The summed E-state index contributed by atoms with van der Waals surface area (Å²) in [6.45, 7) is 8.76. The molecule has 0 aliphatic carbocycles. The van der Waals surface area contributed by atoms with Gasteiger partial charge in [-0.15, -0.1) is 5.16 Å². The smallest absolute Gasteiger partial charge is 0.277 e. The van der Waals surface area contributed by atoms with Crippen LogP contribution in [0.4, 0.5) is 0 Å². The normalized spacial score (nSPS) is 11.9. The Morgan fingerprint density at radius 3 is 2.44 bits per heavy atom. The van der Waals surface area contributed by atoms with Crippen molar-refractivity contribution >= 4 is 15.3 Å². The molecule has 88 valence electrons. The average molecular weight is 237 g/mol. The van der Waals surface area contributed by atoms with Crippen LogP contribution in [0.15, 0.2) is 23.7 Å². The van der Waals surface area contributed by atoms with Crippen LogP contribution in [0.5, 0.6) is 0 Å². The van der Waals surface area contributed by atoms with Crippen LogP contribution in [0, 0.1) is 0 Å². The lowest BCUT2D eigenvalue weighted by Gasteiger charge is -2.19. The molecule has 5 heteroatoms. The molecule has 16 heavy (non-hydrogen) atoms. The molecule has 0 amide bonds. The summed E-state index contributed by atoms with van der Waals surface area (Å²) in [5.41, 5.74) is 1.89. The van der Waals surface area contributed by atoms with Gasteiger partial charge >= 0.3 is 0 Å². The van der Waals surface area contributed by atoms with Gasteiger partial charge in [-0.2, -0.15) is 0 Å². The lowest BCUT2D eigenvalue weighted by molar-refractivity contribution is 0.332. The van der Waals surface area contributed by atoms with Gasteiger partial charge in [-0.05, 0) is 11.1 Å². The number of hydrogen-bond acceptors (Lipinski definition) is 4. The van der Waals surface area contributed by atoms with E-state index in [0.29, 0.717) is 11.1 Å². The first kappa shape index (κ1) is 12.8. The molecule has 1 heterocycles. The Morgan fingerprint density at radius 2 is 1.94 bits per heavy atom. The number of hydrogen-bond donors (Lipinski definition) is 0. The van der Waals surface area contributed by atoms with E-state index in [-0.39, 0.29) is 0 Å². The molecule has 0 bridgehead atoms. The second-order valence-corrected chi connectivity index (χ2v) is 8.23. The van der Waals surface area contributed by atoms with Crippen molar-refractivity contribution in [3.8, 4) is 0 Å². The zero-order valence-corrected chi connectivity index (χ0v) is 11.4. The summed E-state index contributed by atoms with van der Waals surface area (Å²) < 4.78 is 5.61. The van der Waals surface area contributed by atoms with E-state index in [1.165, 1.54) is 0 Å². The van der Waals surface area contributed by atoms with Crippen LogP contribution < -0.4 is 0 Å². The Kier molecular flexibility index (Phi) is 5.11. The van der Waals surface area contributed by atoms with E-state index in [2.05, 4.69) is 42.8 Å². The SMILES string of the molecule is CC(C)[SiH](ON=Cc1cnccn1)C(C)C. The summed E-state index contributed by atoms with van der Waals surface area (Å²) in [4.78, 5) is 8.04. The first-order valence-electron chi connectivity index (χ1n) is 5.56. The predicted octanol–water partition coefficient (Wildman–Crippen LogP) is 2.37. The molecule has 0 aromatic carbocycles. The van der Waals surface area contributed by atoms with Gasteiger partial charge in [0.25, 0.3) is 9.04 Å². The van der Waals surface area contributed by atoms with E-state index in [1.807, 2.05) is 0 Å². The van der Waals surface area contributed by atoms with Crippen molar-refractivity contribution in [3.63, 3.8) is 0 Å². The fourth-order valence-corrected chi connectivity index (χ4v) is 3.77. The van der Waals surface area contributed by atoms with Crippen LogP contribution in [0.1, 0.15) is 33.4 Å². The van der Waals surface area contributed by atoms with Crippen LogP contribution in [-0.4, -0.2) is 25.2 Å². The maximum atomic E-state index is 5.61. The first-order valence-corrected chi connectivity index (χ1v) is 7.37. The van der Waals surface area contributed by atoms with Gasteiger partial charge < -0.3 is 4.53 Å². The van der Waals surface area contributed by atoms with Crippen molar-refractivity contribution in [1.82, 2.24) is 9.97 Å². The Bertz CT molecular complexity index is 319. The third kappa shape index (κ3) is 4.10. The first-order chi connectivity index (χ1) is 7.61. The van der Waals surface area contributed by atoms with Crippen molar-refractivity contribution in [2.75, 3.05) is 0 Å². The zero-order valence-electron chi connectivity index (χ0n) is 10.3. The number of aromatic nitrogens is 2. The molecule has 0 aliphatic heterocycles. The molecule has 0 aliphatic rings. The quantitative estimate of drug-likeness (QED) is 0.449. The van der Waals surface area contributed by atoms with Crippen molar-refractivity contribution in [3.05, 3.63) is 24.3 Å². The van der Waals surface area contributed by atoms with E-state index in [0.717, 1.165) is 5.69 Å². The van der Waals surface area contributed by atoms with Gasteiger partial charge in [0.15, 0.2) is 0 Å². The minimum atomic E-state index is -1.27. The highest BCUT2D eigenvalue weighted by atomic mass is 28.3. The lowest BCUT2D eigenvalue weighted by atomic mass is 10.5. The van der Waals surface area contributed by atoms with Gasteiger partial charge in [-0.3, -0.25) is 9.97 Å². The van der Waals surface area contributed by atoms with Gasteiger partial charge in [-0.25, -0.2) is 0 Å². The third-order valence-corrected chi connectivity index (χ3v) is 5.26. The monoisotopic (exact) mass is 237 g/mol. The summed E-state index contributed by atoms with van der Waals surface area (Å²) in [5, 5.41) is 4.02. The molecule has 0 spiro atoms. The number of oxime groups is 1. The maximum absolute atomic E-state index is 5.61. The molecular weight excluding hydrogens is 218 g/mol. The van der Waals surface area contributed by atoms with Gasteiger partial charge in [0, 0.05) is 12.4 Å². The molecule has 0 unspecified atom stereocenters. The van der Waals surface area contributed by atoms with E-state index in [1.54, 1.807) is 24.8 Å². The summed E-state index contributed by atoms with van der Waals surface area (Å²) in [7, 11) is -1.27. The molecule has 0 saturated carbocycles. The highest BCUT2D eigenvalue weighted by Gasteiger charge is 2.22. The van der Waals surface area contributed by atoms with Crippen LogP contribution in [-0.2, 0) is 4.53 Å². The molecule has 0 radical (unpaired) electrons. The van der Waals surface area contributed by atoms with E-state index < -0.39 is 9.04 Å². The topological polar surface area (TPSA) is 47.4 Å². The largest absolute Gasteiger partial charge is 0.458 e. The second-order valence-electron chi connectivity index (χ2n) is 4.42. The summed E-state index contributed by atoms with van der Waals surface area (Å²) >= 11 is 0. The average Bonchev–Trinajstić information content (AvgIpc) is 2.24. The fourth-order valence-electron chi connectivity index (χ4n) is 1.55. The molecule has 4 nitrogen and oxygen atoms in total. The Hall–Kier alpha value is -1.23. The molecule has 0 saturated heterocycles. The molecule has 1 rings (SSSR count). The molecule has 1 aromatic heterocycles. The third-order valence-electron chi connectivity index (χ3n) is 2.26. The van der Waals surface area contributed by atoms with Gasteiger partial charge in [0.05, 0.1) is 12.4 Å². The summed E-state index contributed by atoms with van der Waals surface area (Å²) in [6, 6.07) is 0. The molecule has 1 aromatic rings. The molecular formula is C11H19N3OSi. The minimum absolute atomic E-state index is 0.582. The zero-order chi connectivity index (χ0) is 12.0. The maximum Gasteiger partial charge on any atom is 0.277 e. The van der Waals surface area contributed by atoms with Crippen LogP contribution in [0.3, 0.4) is 0 Å². The predicted molar refractivity (Wildman–Crippen MR) is 68.1 cm³/mol. The Labute approximate surface area is 98.5 Å². The number of rotatable bonds is 5. The summed E-state index contributed by atoms with van der Waals surface area (Å²) in [5.74, 6) is 0. The van der Waals surface area contributed by atoms with E-state index in [4.69, 9.17) is 4.53 Å². The van der Waals surface area contributed by atoms with Crippen LogP contribution in [0.25, 0.3) is 0 Å². The lowest BCUT2D eigenvalue weighted by Crippen LogP contribution is -2.23. The van der Waals surface area contributed by atoms with Gasteiger partial charge in [0.2, 0.25) is 0 Å². The molecule has 0 N–H and O–H groups in total. The Balaban J connectivity index is 2.52. The molecule has 0 fully saturated rings. The standard InChI is InChI=1S/C11H19N3OSi/c1-9(2)16(10(3)4)15-14-8-11-7-12-5-6-13-11/h5-10,16H,1-4H3. The minimum Gasteiger partial charge on any atom is -0.458 e. The molecule has 0 atom stereocenters.